The Hall–Kier alpha value is -3.56. The summed E-state index contributed by atoms with van der Waals surface area (Å²) in [7, 11) is 0. The van der Waals surface area contributed by atoms with Gasteiger partial charge in [-0.2, -0.15) is 23.5 Å². The maximum Gasteiger partial charge on any atom is 0.435 e. The largest absolute Gasteiger partial charge is 0.435 e. The van der Waals surface area contributed by atoms with E-state index in [1.807, 2.05) is 13.0 Å². The van der Waals surface area contributed by atoms with E-state index >= 15 is 0 Å². The number of aromatic nitrogens is 3. The van der Waals surface area contributed by atoms with Gasteiger partial charge in [0.05, 0.1) is 27.9 Å². The van der Waals surface area contributed by atoms with Gasteiger partial charge in [0, 0.05) is 18.0 Å². The van der Waals surface area contributed by atoms with Crippen LogP contribution in [0.25, 0.3) is 5.82 Å². The molecule has 8 nitrogen and oxygen atoms in total. The molecule has 3 rings (SSSR count). The van der Waals surface area contributed by atoms with Crippen LogP contribution in [0.4, 0.5) is 18.9 Å². The highest BCUT2D eigenvalue weighted by atomic mass is 35.5. The number of pyridine rings is 1. The van der Waals surface area contributed by atoms with Gasteiger partial charge in [-0.15, -0.1) is 0 Å². The average molecular weight is 509 g/mol. The summed E-state index contributed by atoms with van der Waals surface area (Å²) in [6.45, 7) is 3.36. The molecule has 0 unspecified atom stereocenters. The van der Waals surface area contributed by atoms with Crippen LogP contribution in [0.5, 0.6) is 0 Å². The van der Waals surface area contributed by atoms with Crippen molar-refractivity contribution in [1.29, 1.82) is 5.26 Å². The van der Waals surface area contributed by atoms with E-state index < -0.39 is 29.4 Å². The van der Waals surface area contributed by atoms with Crippen molar-refractivity contribution in [3.05, 3.63) is 69.6 Å². The van der Waals surface area contributed by atoms with Gasteiger partial charge in [0.2, 0.25) is 0 Å². The number of carbonyl (C=O) groups is 2. The number of hydrogen-bond donors (Lipinski definition) is 2. The van der Waals surface area contributed by atoms with Crippen LogP contribution >= 0.6 is 23.5 Å². The van der Waals surface area contributed by atoms with Crippen LogP contribution in [-0.2, 0) is 6.18 Å². The van der Waals surface area contributed by atoms with E-state index in [0.29, 0.717) is 22.1 Å². The SMILES string of the molecule is CCSNC(=O)c1cc(C#N)cc(C)c1NC(=O)c1cc(C(F)(F)F)nn1-c1ncccc1Cl. The Morgan fingerprint density at radius 1 is 1.26 bits per heavy atom. The lowest BCUT2D eigenvalue weighted by Gasteiger charge is -2.15. The van der Waals surface area contributed by atoms with Crippen LogP contribution in [-0.4, -0.2) is 32.3 Å². The van der Waals surface area contributed by atoms with Crippen LogP contribution in [0.1, 0.15) is 44.6 Å². The number of alkyl halides is 3. The maximum atomic E-state index is 13.4. The second kappa shape index (κ2) is 10.1. The second-order valence-corrected chi connectivity index (χ2v) is 8.26. The van der Waals surface area contributed by atoms with Crippen molar-refractivity contribution in [2.75, 3.05) is 11.1 Å². The molecule has 2 amide bonds. The van der Waals surface area contributed by atoms with Crippen LogP contribution in [0.2, 0.25) is 5.02 Å². The van der Waals surface area contributed by atoms with Gasteiger partial charge in [-0.05, 0) is 36.8 Å². The van der Waals surface area contributed by atoms with E-state index in [1.54, 1.807) is 6.92 Å². The van der Waals surface area contributed by atoms with Crippen LogP contribution in [0, 0.1) is 18.3 Å². The molecule has 2 heterocycles. The molecule has 3 aromatic rings. The predicted molar refractivity (Wildman–Crippen MR) is 121 cm³/mol. The van der Waals surface area contributed by atoms with Crippen molar-refractivity contribution in [1.82, 2.24) is 19.5 Å². The molecule has 0 aliphatic carbocycles. The van der Waals surface area contributed by atoms with Crippen molar-refractivity contribution < 1.29 is 22.8 Å². The standard InChI is InChI=1S/C21H16ClF3N6O2S/c1-3-34-30-19(32)13-8-12(10-26)7-11(2)17(13)28-20(33)15-9-16(21(23,24)25)29-31(15)18-14(22)5-4-6-27-18/h4-9H,3H2,1-2H3,(H,28,33)(H,30,32). The molecule has 0 aliphatic heterocycles. The molecule has 2 N–H and O–H groups in total. The first-order chi connectivity index (χ1) is 16.1. The summed E-state index contributed by atoms with van der Waals surface area (Å²) >= 11 is 7.18. The first-order valence-corrected chi connectivity index (χ1v) is 11.0. The first kappa shape index (κ1) is 25.1. The molecule has 0 fully saturated rings. The minimum Gasteiger partial charge on any atom is -0.320 e. The second-order valence-electron chi connectivity index (χ2n) is 6.78. The lowest BCUT2D eigenvalue weighted by atomic mass is 10.0. The number of rotatable bonds is 6. The van der Waals surface area contributed by atoms with E-state index in [9.17, 15) is 28.0 Å². The number of amides is 2. The fourth-order valence-corrected chi connectivity index (χ4v) is 3.53. The van der Waals surface area contributed by atoms with Crippen LogP contribution < -0.4 is 10.0 Å². The highest BCUT2D eigenvalue weighted by molar-refractivity contribution is 7.97. The predicted octanol–water partition coefficient (Wildman–Crippen LogP) is 4.77. The van der Waals surface area contributed by atoms with Crippen molar-refractivity contribution in [3.8, 4) is 11.9 Å². The summed E-state index contributed by atoms with van der Waals surface area (Å²) in [4.78, 5) is 29.7. The lowest BCUT2D eigenvalue weighted by Crippen LogP contribution is -2.23. The number of anilines is 1. The van der Waals surface area contributed by atoms with Gasteiger partial charge >= 0.3 is 6.18 Å². The molecule has 0 atom stereocenters. The molecule has 34 heavy (non-hydrogen) atoms. The van der Waals surface area contributed by atoms with E-state index in [-0.39, 0.29) is 27.7 Å². The molecule has 176 valence electrons. The summed E-state index contributed by atoms with van der Waals surface area (Å²) < 4.78 is 43.4. The lowest BCUT2D eigenvalue weighted by molar-refractivity contribution is -0.141. The Labute approximate surface area is 201 Å². The Morgan fingerprint density at radius 2 is 2.00 bits per heavy atom. The zero-order valence-corrected chi connectivity index (χ0v) is 19.3. The number of nitriles is 1. The number of halogens is 4. The topological polar surface area (TPSA) is 113 Å². The Balaban J connectivity index is 2.10. The fraction of sp³-hybridized carbons (Fsp3) is 0.190. The van der Waals surface area contributed by atoms with Gasteiger partial charge < -0.3 is 5.32 Å². The minimum absolute atomic E-state index is 0.0242. The molecule has 13 heteroatoms. The van der Waals surface area contributed by atoms with Gasteiger partial charge in [-0.1, -0.05) is 30.5 Å². The zero-order chi connectivity index (χ0) is 25.0. The molecular weight excluding hydrogens is 493 g/mol. The molecule has 0 saturated heterocycles. The van der Waals surface area contributed by atoms with Gasteiger partial charge in [-0.25, -0.2) is 9.67 Å². The zero-order valence-electron chi connectivity index (χ0n) is 17.7. The molecular formula is C21H16ClF3N6O2S. The summed E-state index contributed by atoms with van der Waals surface area (Å²) in [5.74, 6) is -1.19. The monoisotopic (exact) mass is 508 g/mol. The smallest absolute Gasteiger partial charge is 0.320 e. The van der Waals surface area contributed by atoms with E-state index in [2.05, 4.69) is 20.1 Å². The molecule has 0 spiro atoms. The van der Waals surface area contributed by atoms with E-state index in [1.165, 1.54) is 30.5 Å². The molecule has 0 radical (unpaired) electrons. The van der Waals surface area contributed by atoms with Crippen molar-refractivity contribution in [3.63, 3.8) is 0 Å². The Morgan fingerprint density at radius 3 is 2.62 bits per heavy atom. The number of carbonyl (C=O) groups excluding carboxylic acids is 2. The Kier molecular flexibility index (Phi) is 7.48. The fourth-order valence-electron chi connectivity index (χ4n) is 2.94. The number of aryl methyl sites for hydroxylation is 1. The van der Waals surface area contributed by atoms with Gasteiger partial charge in [-0.3, -0.25) is 14.3 Å². The quantitative estimate of drug-likeness (QED) is 0.464. The molecule has 0 aliphatic rings. The van der Waals surface area contributed by atoms with Crippen molar-refractivity contribution in [2.45, 2.75) is 20.0 Å². The molecule has 0 saturated carbocycles. The van der Waals surface area contributed by atoms with Crippen molar-refractivity contribution >= 4 is 41.1 Å². The maximum absolute atomic E-state index is 13.4. The van der Waals surface area contributed by atoms with Gasteiger partial charge in [0.25, 0.3) is 11.8 Å². The third-order valence-electron chi connectivity index (χ3n) is 4.43. The highest BCUT2D eigenvalue weighted by Gasteiger charge is 2.36. The number of nitrogens with one attached hydrogen (secondary N) is 2. The summed E-state index contributed by atoms with van der Waals surface area (Å²) in [6, 6.07) is 8.07. The normalized spacial score (nSPS) is 11.1. The summed E-state index contributed by atoms with van der Waals surface area (Å²) in [5, 5.41) is 15.2. The Bertz CT molecular complexity index is 1300. The van der Waals surface area contributed by atoms with Gasteiger partial charge in [0.1, 0.15) is 5.69 Å². The summed E-state index contributed by atoms with van der Waals surface area (Å²) in [5.41, 5.74) is -1.29. The first-order valence-electron chi connectivity index (χ1n) is 9.63. The molecule has 1 aromatic carbocycles. The third kappa shape index (κ3) is 5.32. The third-order valence-corrected chi connectivity index (χ3v) is 5.34. The summed E-state index contributed by atoms with van der Waals surface area (Å²) in [6.07, 6.45) is -3.55. The average Bonchev–Trinajstić information content (AvgIpc) is 3.24. The highest BCUT2D eigenvalue weighted by Crippen LogP contribution is 2.31. The van der Waals surface area contributed by atoms with Crippen LogP contribution in [0.3, 0.4) is 0 Å². The molecule has 0 bridgehead atoms. The minimum atomic E-state index is -4.84. The van der Waals surface area contributed by atoms with Gasteiger partial charge in [0.15, 0.2) is 11.5 Å². The number of nitrogens with zero attached hydrogens (tertiary/aromatic N) is 4. The molecule has 2 aromatic heterocycles. The van der Waals surface area contributed by atoms with Crippen molar-refractivity contribution in [2.24, 2.45) is 0 Å². The number of benzene rings is 1. The van der Waals surface area contributed by atoms with Crippen LogP contribution in [0.15, 0.2) is 36.5 Å². The van der Waals surface area contributed by atoms with E-state index in [4.69, 9.17) is 11.6 Å². The number of hydrogen-bond acceptors (Lipinski definition) is 6. The van der Waals surface area contributed by atoms with E-state index in [0.717, 1.165) is 11.9 Å².